The van der Waals surface area contributed by atoms with Crippen molar-refractivity contribution in [1.29, 1.82) is 0 Å². The number of aromatic nitrogens is 2. The predicted octanol–water partition coefficient (Wildman–Crippen LogP) is 2.82. The SMILES string of the molecule is CC1(C)Cc2ccccc2C1NCc1cnc[nH]1. The summed E-state index contributed by atoms with van der Waals surface area (Å²) in [5, 5.41) is 3.66. The van der Waals surface area contributed by atoms with Crippen LogP contribution in [0, 0.1) is 5.41 Å². The largest absolute Gasteiger partial charge is 0.347 e. The van der Waals surface area contributed by atoms with E-state index in [1.807, 2.05) is 6.20 Å². The molecule has 2 aromatic rings. The molecule has 94 valence electrons. The smallest absolute Gasteiger partial charge is 0.0922 e. The molecule has 1 aromatic heterocycles. The first-order chi connectivity index (χ1) is 8.67. The zero-order valence-corrected chi connectivity index (χ0v) is 10.9. The van der Waals surface area contributed by atoms with Gasteiger partial charge in [-0.15, -0.1) is 0 Å². The van der Waals surface area contributed by atoms with Gasteiger partial charge in [0.05, 0.1) is 6.33 Å². The van der Waals surface area contributed by atoms with Crippen molar-refractivity contribution in [2.75, 3.05) is 0 Å². The minimum absolute atomic E-state index is 0.268. The number of rotatable bonds is 3. The Kier molecular flexibility index (Phi) is 2.71. The van der Waals surface area contributed by atoms with E-state index in [2.05, 4.69) is 53.4 Å². The summed E-state index contributed by atoms with van der Waals surface area (Å²) < 4.78 is 0. The van der Waals surface area contributed by atoms with Gasteiger partial charge in [0.15, 0.2) is 0 Å². The van der Waals surface area contributed by atoms with E-state index in [1.165, 1.54) is 11.1 Å². The summed E-state index contributed by atoms with van der Waals surface area (Å²) in [5.41, 5.74) is 4.32. The maximum atomic E-state index is 4.05. The van der Waals surface area contributed by atoms with Crippen molar-refractivity contribution in [3.05, 3.63) is 53.6 Å². The molecule has 0 radical (unpaired) electrons. The Morgan fingerprint density at radius 3 is 3.00 bits per heavy atom. The molecule has 0 aliphatic heterocycles. The lowest BCUT2D eigenvalue weighted by Gasteiger charge is -2.28. The summed E-state index contributed by atoms with van der Waals surface area (Å²) in [4.78, 5) is 7.19. The Bertz CT molecular complexity index is 528. The van der Waals surface area contributed by atoms with Crippen molar-refractivity contribution < 1.29 is 0 Å². The standard InChI is InChI=1S/C15H19N3/c1-15(2)7-11-5-3-4-6-13(11)14(15)17-9-12-8-16-10-18-12/h3-6,8,10,14,17H,7,9H2,1-2H3,(H,16,18). The van der Waals surface area contributed by atoms with Gasteiger partial charge in [-0.2, -0.15) is 0 Å². The Morgan fingerprint density at radius 1 is 1.39 bits per heavy atom. The van der Waals surface area contributed by atoms with Crippen molar-refractivity contribution in [1.82, 2.24) is 15.3 Å². The topological polar surface area (TPSA) is 40.7 Å². The quantitative estimate of drug-likeness (QED) is 0.867. The average Bonchev–Trinajstić information content (AvgIpc) is 2.91. The first kappa shape index (κ1) is 11.5. The maximum Gasteiger partial charge on any atom is 0.0922 e. The van der Waals surface area contributed by atoms with Crippen LogP contribution in [0.4, 0.5) is 0 Å². The van der Waals surface area contributed by atoms with E-state index in [0.717, 1.165) is 18.7 Å². The van der Waals surface area contributed by atoms with Gasteiger partial charge in [-0.25, -0.2) is 4.98 Å². The molecule has 0 bridgehead atoms. The van der Waals surface area contributed by atoms with Gasteiger partial charge in [-0.1, -0.05) is 38.1 Å². The normalized spacial score (nSPS) is 20.9. The van der Waals surface area contributed by atoms with E-state index >= 15 is 0 Å². The maximum absolute atomic E-state index is 4.05. The average molecular weight is 241 g/mol. The highest BCUT2D eigenvalue weighted by Gasteiger charge is 2.38. The number of hydrogen-bond donors (Lipinski definition) is 2. The Balaban J connectivity index is 1.81. The van der Waals surface area contributed by atoms with E-state index < -0.39 is 0 Å². The third-order valence-corrected chi connectivity index (χ3v) is 3.85. The fourth-order valence-corrected chi connectivity index (χ4v) is 2.97. The van der Waals surface area contributed by atoms with Crippen LogP contribution in [-0.4, -0.2) is 9.97 Å². The molecule has 0 spiro atoms. The second kappa shape index (κ2) is 4.25. The van der Waals surface area contributed by atoms with Crippen LogP contribution in [0.5, 0.6) is 0 Å². The Hall–Kier alpha value is -1.61. The summed E-state index contributed by atoms with van der Waals surface area (Å²) in [6, 6.07) is 9.16. The lowest BCUT2D eigenvalue weighted by molar-refractivity contribution is 0.267. The third-order valence-electron chi connectivity index (χ3n) is 3.85. The van der Waals surface area contributed by atoms with Gasteiger partial charge in [0.2, 0.25) is 0 Å². The molecule has 0 saturated carbocycles. The van der Waals surface area contributed by atoms with E-state index in [1.54, 1.807) is 6.33 Å². The van der Waals surface area contributed by atoms with Crippen molar-refractivity contribution in [3.8, 4) is 0 Å². The first-order valence-corrected chi connectivity index (χ1v) is 6.45. The van der Waals surface area contributed by atoms with Crippen molar-refractivity contribution in [2.45, 2.75) is 32.9 Å². The van der Waals surface area contributed by atoms with Crippen LogP contribution in [-0.2, 0) is 13.0 Å². The zero-order valence-electron chi connectivity index (χ0n) is 10.9. The van der Waals surface area contributed by atoms with Crippen molar-refractivity contribution in [3.63, 3.8) is 0 Å². The second-order valence-electron chi connectivity index (χ2n) is 5.75. The molecule has 1 atom stereocenters. The lowest BCUT2D eigenvalue weighted by Crippen LogP contribution is -2.30. The number of aromatic amines is 1. The molecule has 0 saturated heterocycles. The van der Waals surface area contributed by atoms with Crippen LogP contribution in [0.1, 0.15) is 36.7 Å². The van der Waals surface area contributed by atoms with E-state index in [-0.39, 0.29) is 5.41 Å². The van der Waals surface area contributed by atoms with E-state index in [4.69, 9.17) is 0 Å². The molecule has 18 heavy (non-hydrogen) atoms. The molecule has 1 aliphatic carbocycles. The predicted molar refractivity (Wildman–Crippen MR) is 72.1 cm³/mol. The molecule has 2 N–H and O–H groups in total. The zero-order chi connectivity index (χ0) is 12.6. The molecule has 3 rings (SSSR count). The van der Waals surface area contributed by atoms with Crippen molar-refractivity contribution >= 4 is 0 Å². The number of fused-ring (bicyclic) bond motifs is 1. The molecule has 1 aromatic carbocycles. The molecular weight excluding hydrogens is 222 g/mol. The fourth-order valence-electron chi connectivity index (χ4n) is 2.97. The number of H-pyrrole nitrogens is 1. The highest BCUT2D eigenvalue weighted by Crippen LogP contribution is 2.44. The van der Waals surface area contributed by atoms with E-state index in [9.17, 15) is 0 Å². The second-order valence-corrected chi connectivity index (χ2v) is 5.75. The highest BCUT2D eigenvalue weighted by molar-refractivity contribution is 5.37. The fraction of sp³-hybridized carbons (Fsp3) is 0.400. The van der Waals surface area contributed by atoms with E-state index in [0.29, 0.717) is 6.04 Å². The van der Waals surface area contributed by atoms with Gasteiger partial charge >= 0.3 is 0 Å². The van der Waals surface area contributed by atoms with Gasteiger partial charge in [0, 0.05) is 24.5 Å². The van der Waals surface area contributed by atoms with Gasteiger partial charge in [0.1, 0.15) is 0 Å². The summed E-state index contributed by atoms with van der Waals surface area (Å²) in [7, 11) is 0. The van der Waals surface area contributed by atoms with Gasteiger partial charge in [-0.3, -0.25) is 0 Å². The molecule has 1 unspecified atom stereocenters. The Labute approximate surface area is 108 Å². The van der Waals surface area contributed by atoms with Crippen LogP contribution in [0.25, 0.3) is 0 Å². The summed E-state index contributed by atoms with van der Waals surface area (Å²) in [6.45, 7) is 5.50. The number of benzene rings is 1. The summed E-state index contributed by atoms with van der Waals surface area (Å²) in [5.74, 6) is 0. The third kappa shape index (κ3) is 1.95. The molecule has 0 amide bonds. The van der Waals surface area contributed by atoms with Gasteiger partial charge in [0.25, 0.3) is 0 Å². The van der Waals surface area contributed by atoms with Crippen LogP contribution in [0.3, 0.4) is 0 Å². The van der Waals surface area contributed by atoms with Crippen molar-refractivity contribution in [2.24, 2.45) is 5.41 Å². The first-order valence-electron chi connectivity index (χ1n) is 6.45. The minimum Gasteiger partial charge on any atom is -0.347 e. The number of nitrogens with one attached hydrogen (secondary N) is 2. The summed E-state index contributed by atoms with van der Waals surface area (Å²) >= 11 is 0. The Morgan fingerprint density at radius 2 is 2.22 bits per heavy atom. The minimum atomic E-state index is 0.268. The molecule has 3 nitrogen and oxygen atoms in total. The number of hydrogen-bond acceptors (Lipinski definition) is 2. The van der Waals surface area contributed by atoms with Crippen LogP contribution in [0.15, 0.2) is 36.8 Å². The highest BCUT2D eigenvalue weighted by atomic mass is 15.0. The number of nitrogens with zero attached hydrogens (tertiary/aromatic N) is 1. The van der Waals surface area contributed by atoms with Crippen LogP contribution >= 0.6 is 0 Å². The monoisotopic (exact) mass is 241 g/mol. The van der Waals surface area contributed by atoms with Gasteiger partial charge in [-0.05, 0) is 23.0 Å². The molecule has 3 heteroatoms. The molecule has 1 heterocycles. The summed E-state index contributed by atoms with van der Waals surface area (Å²) in [6.07, 6.45) is 4.75. The number of imidazole rings is 1. The van der Waals surface area contributed by atoms with Crippen LogP contribution < -0.4 is 5.32 Å². The molecule has 0 fully saturated rings. The van der Waals surface area contributed by atoms with Gasteiger partial charge < -0.3 is 10.3 Å². The molecular formula is C15H19N3. The molecule has 1 aliphatic rings. The lowest BCUT2D eigenvalue weighted by atomic mass is 9.85. The van der Waals surface area contributed by atoms with Crippen LogP contribution in [0.2, 0.25) is 0 Å².